The first-order valence-electron chi connectivity index (χ1n) is 9.04. The van der Waals surface area contributed by atoms with Crippen LogP contribution in [0.15, 0.2) is 73.3 Å². The number of nitrogens with zero attached hydrogens (tertiary/aromatic N) is 2. The summed E-state index contributed by atoms with van der Waals surface area (Å²) in [4.78, 5) is 0. The standard InChI is InChI=1S/C23H21N3/c1-3-25-20-13-6-5-10-17(20)18-11-8-12-19(23(18)25)22-15(2)16-9-4-7-14-21(16)26(22)24/h4-14,22H,2-3,24H2,1H3. The number of aryl methyl sites for hydroxylation is 1. The molecule has 0 amide bonds. The summed E-state index contributed by atoms with van der Waals surface area (Å²) in [6.45, 7) is 7.50. The summed E-state index contributed by atoms with van der Waals surface area (Å²) in [5.41, 5.74) is 6.97. The van der Waals surface area contributed by atoms with Crippen molar-refractivity contribution in [1.82, 2.24) is 4.57 Å². The third kappa shape index (κ3) is 1.86. The van der Waals surface area contributed by atoms with Crippen LogP contribution < -0.4 is 10.9 Å². The number of para-hydroxylation sites is 3. The Morgan fingerprint density at radius 3 is 2.46 bits per heavy atom. The third-order valence-corrected chi connectivity index (χ3v) is 5.57. The predicted octanol–water partition coefficient (Wildman–Crippen LogP) is 5.26. The smallest absolute Gasteiger partial charge is 0.0973 e. The molecule has 128 valence electrons. The van der Waals surface area contributed by atoms with Gasteiger partial charge in [-0.2, -0.15) is 0 Å². The Kier molecular flexibility index (Phi) is 3.21. The summed E-state index contributed by atoms with van der Waals surface area (Å²) in [5.74, 6) is 6.55. The number of nitrogens with two attached hydrogens (primary N) is 1. The van der Waals surface area contributed by atoms with Gasteiger partial charge in [-0.1, -0.05) is 61.2 Å². The lowest BCUT2D eigenvalue weighted by Gasteiger charge is -2.24. The zero-order chi connectivity index (χ0) is 17.8. The van der Waals surface area contributed by atoms with Gasteiger partial charge >= 0.3 is 0 Å². The van der Waals surface area contributed by atoms with Gasteiger partial charge in [-0.15, -0.1) is 0 Å². The first kappa shape index (κ1) is 15.2. The Labute approximate surface area is 152 Å². The SMILES string of the molecule is C=C1c2ccccc2N(N)C1c1cccc2c3ccccc3n(CC)c12. The molecule has 3 heteroatoms. The first-order valence-corrected chi connectivity index (χ1v) is 9.04. The molecule has 26 heavy (non-hydrogen) atoms. The van der Waals surface area contributed by atoms with Crippen LogP contribution in [0.2, 0.25) is 0 Å². The lowest BCUT2D eigenvalue weighted by molar-refractivity contribution is 0.783. The van der Waals surface area contributed by atoms with Crippen LogP contribution in [-0.4, -0.2) is 4.57 Å². The first-order chi connectivity index (χ1) is 12.7. The van der Waals surface area contributed by atoms with Gasteiger partial charge in [-0.25, -0.2) is 5.84 Å². The van der Waals surface area contributed by atoms with Crippen LogP contribution in [-0.2, 0) is 6.54 Å². The van der Waals surface area contributed by atoms with Crippen molar-refractivity contribution >= 4 is 33.1 Å². The monoisotopic (exact) mass is 339 g/mol. The summed E-state index contributed by atoms with van der Waals surface area (Å²) in [6, 6.07) is 23.3. The molecule has 0 saturated heterocycles. The van der Waals surface area contributed by atoms with Crippen molar-refractivity contribution in [2.24, 2.45) is 5.84 Å². The second-order valence-corrected chi connectivity index (χ2v) is 6.86. The molecular weight excluding hydrogens is 318 g/mol. The predicted molar refractivity (Wildman–Crippen MR) is 110 cm³/mol. The number of hydrazine groups is 1. The van der Waals surface area contributed by atoms with E-state index in [1.807, 2.05) is 17.1 Å². The highest BCUT2D eigenvalue weighted by Crippen LogP contribution is 2.47. The minimum atomic E-state index is -0.0503. The van der Waals surface area contributed by atoms with Gasteiger partial charge in [-0.3, -0.25) is 5.01 Å². The third-order valence-electron chi connectivity index (χ3n) is 5.57. The summed E-state index contributed by atoms with van der Waals surface area (Å²) in [6.07, 6.45) is 0. The molecule has 0 radical (unpaired) electrons. The van der Waals surface area contributed by atoms with E-state index in [0.29, 0.717) is 0 Å². The molecular formula is C23H21N3. The maximum atomic E-state index is 6.55. The lowest BCUT2D eigenvalue weighted by atomic mass is 9.96. The van der Waals surface area contributed by atoms with Gasteiger partial charge in [0.25, 0.3) is 0 Å². The highest BCUT2D eigenvalue weighted by Gasteiger charge is 2.33. The molecule has 3 nitrogen and oxygen atoms in total. The molecule has 1 aliphatic rings. The molecule has 0 saturated carbocycles. The quantitative estimate of drug-likeness (QED) is 0.505. The Balaban J connectivity index is 1.83. The average Bonchev–Trinajstić information content (AvgIpc) is 3.14. The second-order valence-electron chi connectivity index (χ2n) is 6.86. The molecule has 1 atom stereocenters. The molecule has 0 fully saturated rings. The Hall–Kier alpha value is -3.04. The number of anilines is 1. The summed E-state index contributed by atoms with van der Waals surface area (Å²) < 4.78 is 2.39. The van der Waals surface area contributed by atoms with Crippen molar-refractivity contribution in [3.63, 3.8) is 0 Å². The fourth-order valence-corrected chi connectivity index (χ4v) is 4.45. The number of benzene rings is 3. The Bertz CT molecular complexity index is 1170. The van der Waals surface area contributed by atoms with Crippen molar-refractivity contribution in [2.75, 3.05) is 5.01 Å². The fraction of sp³-hybridized carbons (Fsp3) is 0.130. The van der Waals surface area contributed by atoms with Gasteiger partial charge in [0.05, 0.1) is 17.2 Å². The highest BCUT2D eigenvalue weighted by molar-refractivity contribution is 6.10. The van der Waals surface area contributed by atoms with Crippen molar-refractivity contribution in [3.05, 3.63) is 84.4 Å². The van der Waals surface area contributed by atoms with E-state index in [0.717, 1.165) is 23.4 Å². The van der Waals surface area contributed by atoms with Crippen LogP contribution in [0.1, 0.15) is 24.1 Å². The summed E-state index contributed by atoms with van der Waals surface area (Å²) >= 11 is 0. The molecule has 3 aromatic carbocycles. The van der Waals surface area contributed by atoms with E-state index >= 15 is 0 Å². The van der Waals surface area contributed by atoms with E-state index in [2.05, 4.69) is 72.7 Å². The van der Waals surface area contributed by atoms with E-state index in [1.54, 1.807) is 0 Å². The van der Waals surface area contributed by atoms with Gasteiger partial charge < -0.3 is 4.57 Å². The van der Waals surface area contributed by atoms with Crippen molar-refractivity contribution in [3.8, 4) is 0 Å². The molecule has 4 aromatic rings. The molecule has 0 spiro atoms. The van der Waals surface area contributed by atoms with Gasteiger partial charge in [0.1, 0.15) is 0 Å². The van der Waals surface area contributed by atoms with Crippen molar-refractivity contribution in [2.45, 2.75) is 19.5 Å². The molecule has 2 N–H and O–H groups in total. The Morgan fingerprint density at radius 1 is 0.923 bits per heavy atom. The maximum absolute atomic E-state index is 6.55. The van der Waals surface area contributed by atoms with Gasteiger partial charge in [0.2, 0.25) is 0 Å². The fourth-order valence-electron chi connectivity index (χ4n) is 4.45. The molecule has 0 bridgehead atoms. The van der Waals surface area contributed by atoms with Gasteiger partial charge in [-0.05, 0) is 24.6 Å². The normalized spacial score (nSPS) is 16.6. The summed E-state index contributed by atoms with van der Waals surface area (Å²) in [7, 11) is 0. The number of rotatable bonds is 2. The molecule has 2 heterocycles. The number of aromatic nitrogens is 1. The lowest BCUT2D eigenvalue weighted by Crippen LogP contribution is -2.31. The second kappa shape index (κ2) is 5.48. The van der Waals surface area contributed by atoms with Crippen molar-refractivity contribution in [1.29, 1.82) is 0 Å². The molecule has 0 aliphatic carbocycles. The van der Waals surface area contributed by atoms with E-state index in [1.165, 1.54) is 27.4 Å². The molecule has 1 unspecified atom stereocenters. The van der Waals surface area contributed by atoms with E-state index in [4.69, 9.17) is 5.84 Å². The minimum Gasteiger partial charge on any atom is -0.340 e. The zero-order valence-corrected chi connectivity index (χ0v) is 14.8. The topological polar surface area (TPSA) is 34.2 Å². The van der Waals surface area contributed by atoms with E-state index in [9.17, 15) is 0 Å². The van der Waals surface area contributed by atoms with E-state index in [-0.39, 0.29) is 6.04 Å². The van der Waals surface area contributed by atoms with Gasteiger partial charge in [0, 0.05) is 34.0 Å². The molecule has 5 rings (SSSR count). The van der Waals surface area contributed by atoms with Crippen LogP contribution in [0.5, 0.6) is 0 Å². The van der Waals surface area contributed by atoms with Crippen LogP contribution in [0, 0.1) is 0 Å². The number of hydrogen-bond acceptors (Lipinski definition) is 2. The van der Waals surface area contributed by atoms with Crippen LogP contribution in [0.25, 0.3) is 27.4 Å². The number of fused-ring (bicyclic) bond motifs is 4. The minimum absolute atomic E-state index is 0.0503. The summed E-state index contributed by atoms with van der Waals surface area (Å²) in [5, 5.41) is 4.43. The van der Waals surface area contributed by atoms with E-state index < -0.39 is 0 Å². The average molecular weight is 339 g/mol. The molecule has 1 aliphatic heterocycles. The zero-order valence-electron chi connectivity index (χ0n) is 14.8. The largest absolute Gasteiger partial charge is 0.340 e. The number of hydrogen-bond donors (Lipinski definition) is 1. The highest BCUT2D eigenvalue weighted by atomic mass is 15.4. The van der Waals surface area contributed by atoms with Crippen LogP contribution >= 0.6 is 0 Å². The molecule has 1 aromatic heterocycles. The van der Waals surface area contributed by atoms with Crippen LogP contribution in [0.4, 0.5) is 5.69 Å². The van der Waals surface area contributed by atoms with Crippen molar-refractivity contribution < 1.29 is 0 Å². The van der Waals surface area contributed by atoms with Gasteiger partial charge in [0.15, 0.2) is 0 Å². The Morgan fingerprint density at radius 2 is 1.65 bits per heavy atom. The van der Waals surface area contributed by atoms with Crippen LogP contribution in [0.3, 0.4) is 0 Å². The maximum Gasteiger partial charge on any atom is 0.0973 e.